The first kappa shape index (κ1) is 13.6. The first-order chi connectivity index (χ1) is 9.90. The quantitative estimate of drug-likeness (QED) is 0.823. The fraction of sp³-hybridized carbons (Fsp3) is 1.00. The molecule has 1 aliphatic heterocycles. The van der Waals surface area contributed by atoms with Crippen molar-refractivity contribution >= 4 is 0 Å². The van der Waals surface area contributed by atoms with Gasteiger partial charge in [0.15, 0.2) is 0 Å². The molecule has 0 aromatic carbocycles. The first-order valence-electron chi connectivity index (χ1n) is 9.37. The van der Waals surface area contributed by atoms with Crippen molar-refractivity contribution in [3.63, 3.8) is 0 Å². The smallest absolute Gasteiger partial charge is 0.0111 e. The minimum absolute atomic E-state index is 0.818. The molecule has 3 aliphatic carbocycles. The van der Waals surface area contributed by atoms with Crippen LogP contribution in [0, 0.1) is 23.7 Å². The summed E-state index contributed by atoms with van der Waals surface area (Å²) in [4.78, 5) is 0. The number of rotatable bonds is 4. The third-order valence-corrected chi connectivity index (χ3v) is 6.96. The molecule has 2 nitrogen and oxygen atoms in total. The summed E-state index contributed by atoms with van der Waals surface area (Å²) in [6, 6.07) is 1.64. The van der Waals surface area contributed by atoms with Crippen LogP contribution in [0.4, 0.5) is 0 Å². The van der Waals surface area contributed by atoms with Gasteiger partial charge in [0.05, 0.1) is 0 Å². The van der Waals surface area contributed by atoms with Crippen LogP contribution in [0.2, 0.25) is 0 Å². The molecule has 0 aromatic heterocycles. The fourth-order valence-corrected chi connectivity index (χ4v) is 5.90. The predicted molar refractivity (Wildman–Crippen MR) is 83.7 cm³/mol. The summed E-state index contributed by atoms with van der Waals surface area (Å²) < 4.78 is 0. The van der Waals surface area contributed by atoms with Crippen molar-refractivity contribution in [3.05, 3.63) is 0 Å². The Balaban J connectivity index is 1.31. The molecule has 0 amide bonds. The zero-order valence-electron chi connectivity index (χ0n) is 12.9. The van der Waals surface area contributed by atoms with Gasteiger partial charge in [-0.2, -0.15) is 0 Å². The second-order valence-corrected chi connectivity index (χ2v) is 8.10. The molecule has 0 spiro atoms. The van der Waals surface area contributed by atoms with E-state index in [1.807, 2.05) is 0 Å². The van der Waals surface area contributed by atoms with Crippen LogP contribution in [0.15, 0.2) is 0 Å². The van der Waals surface area contributed by atoms with Crippen molar-refractivity contribution in [2.45, 2.75) is 76.3 Å². The van der Waals surface area contributed by atoms with Crippen LogP contribution < -0.4 is 10.6 Å². The lowest BCUT2D eigenvalue weighted by Gasteiger charge is -2.37. The fourth-order valence-electron chi connectivity index (χ4n) is 5.90. The van der Waals surface area contributed by atoms with Crippen LogP contribution in [-0.4, -0.2) is 25.2 Å². The van der Waals surface area contributed by atoms with Crippen LogP contribution in [-0.2, 0) is 0 Å². The van der Waals surface area contributed by atoms with Gasteiger partial charge >= 0.3 is 0 Å². The summed E-state index contributed by atoms with van der Waals surface area (Å²) in [6.07, 6.45) is 14.8. The Hall–Kier alpha value is -0.0800. The van der Waals surface area contributed by atoms with Gasteiger partial charge in [-0.05, 0) is 81.7 Å². The molecule has 0 aromatic rings. The molecule has 6 atom stereocenters. The summed E-state index contributed by atoms with van der Waals surface area (Å²) in [6.45, 7) is 2.59. The van der Waals surface area contributed by atoms with Crippen LogP contribution >= 0.6 is 0 Å². The van der Waals surface area contributed by atoms with Gasteiger partial charge in [-0.15, -0.1) is 0 Å². The molecule has 0 radical (unpaired) electrons. The van der Waals surface area contributed by atoms with E-state index in [-0.39, 0.29) is 0 Å². The van der Waals surface area contributed by atoms with E-state index in [9.17, 15) is 0 Å². The molecule has 1 heterocycles. The summed E-state index contributed by atoms with van der Waals surface area (Å²) in [5, 5.41) is 7.81. The largest absolute Gasteiger partial charge is 0.314 e. The molecular formula is C18H32N2. The maximum atomic E-state index is 4.04. The minimum atomic E-state index is 0.818. The maximum Gasteiger partial charge on any atom is 0.0111 e. The van der Waals surface area contributed by atoms with E-state index in [0.717, 1.165) is 35.8 Å². The van der Waals surface area contributed by atoms with Gasteiger partial charge < -0.3 is 10.6 Å². The Labute approximate surface area is 124 Å². The average Bonchev–Trinajstić information content (AvgIpc) is 3.22. The van der Waals surface area contributed by atoms with Crippen LogP contribution in [0.1, 0.15) is 64.2 Å². The summed E-state index contributed by atoms with van der Waals surface area (Å²) >= 11 is 0. The van der Waals surface area contributed by atoms with Gasteiger partial charge in [0, 0.05) is 12.1 Å². The topological polar surface area (TPSA) is 24.1 Å². The van der Waals surface area contributed by atoms with Crippen molar-refractivity contribution in [1.29, 1.82) is 0 Å². The Morgan fingerprint density at radius 1 is 0.900 bits per heavy atom. The van der Waals surface area contributed by atoms with Gasteiger partial charge in [-0.25, -0.2) is 0 Å². The highest BCUT2D eigenvalue weighted by Gasteiger charge is 2.40. The summed E-state index contributed by atoms with van der Waals surface area (Å²) in [7, 11) is 0. The van der Waals surface area contributed by atoms with E-state index in [1.54, 1.807) is 12.8 Å². The highest BCUT2D eigenvalue weighted by Crippen LogP contribution is 2.48. The van der Waals surface area contributed by atoms with E-state index in [0.29, 0.717) is 0 Å². The molecule has 2 N–H and O–H groups in total. The van der Waals surface area contributed by atoms with Gasteiger partial charge in [-0.1, -0.05) is 19.3 Å². The van der Waals surface area contributed by atoms with E-state index in [4.69, 9.17) is 0 Å². The standard InChI is InChI=1S/C18H32N2/c1-2-5-18(16(4-1)17-6-3-9-19-17)20-12-15-11-13-7-8-14(15)10-13/h13-20H,1-12H2. The van der Waals surface area contributed by atoms with Crippen LogP contribution in [0.3, 0.4) is 0 Å². The number of hydrogen-bond donors (Lipinski definition) is 2. The number of nitrogens with one attached hydrogen (secondary N) is 2. The molecule has 20 heavy (non-hydrogen) atoms. The Morgan fingerprint density at radius 3 is 2.60 bits per heavy atom. The molecule has 2 heteroatoms. The predicted octanol–water partition coefficient (Wildman–Crippen LogP) is 3.32. The molecule has 2 bridgehead atoms. The van der Waals surface area contributed by atoms with E-state index in [1.165, 1.54) is 64.5 Å². The molecule has 3 saturated carbocycles. The SMILES string of the molecule is C1CNC(C2CCCCC2NCC2CC3CCC2C3)C1. The minimum Gasteiger partial charge on any atom is -0.314 e. The Morgan fingerprint density at radius 2 is 1.85 bits per heavy atom. The molecule has 1 saturated heterocycles. The van der Waals surface area contributed by atoms with Crippen molar-refractivity contribution in [1.82, 2.24) is 10.6 Å². The molecular weight excluding hydrogens is 244 g/mol. The molecule has 4 fully saturated rings. The average molecular weight is 276 g/mol. The highest BCUT2D eigenvalue weighted by atomic mass is 15.0. The van der Waals surface area contributed by atoms with Gasteiger partial charge in [0.25, 0.3) is 0 Å². The molecule has 4 rings (SSSR count). The second-order valence-electron chi connectivity index (χ2n) is 8.10. The van der Waals surface area contributed by atoms with Crippen LogP contribution in [0.25, 0.3) is 0 Å². The van der Waals surface area contributed by atoms with E-state index >= 15 is 0 Å². The van der Waals surface area contributed by atoms with Crippen molar-refractivity contribution < 1.29 is 0 Å². The molecule has 4 aliphatic rings. The normalized spacial score (nSPS) is 48.0. The second kappa shape index (κ2) is 5.96. The summed E-state index contributed by atoms with van der Waals surface area (Å²) in [5.41, 5.74) is 0. The van der Waals surface area contributed by atoms with E-state index < -0.39 is 0 Å². The molecule has 114 valence electrons. The van der Waals surface area contributed by atoms with Crippen molar-refractivity contribution in [3.8, 4) is 0 Å². The highest BCUT2D eigenvalue weighted by molar-refractivity contribution is 4.94. The lowest BCUT2D eigenvalue weighted by Crippen LogP contribution is -2.48. The number of fused-ring (bicyclic) bond motifs is 2. The van der Waals surface area contributed by atoms with Crippen molar-refractivity contribution in [2.75, 3.05) is 13.1 Å². The van der Waals surface area contributed by atoms with E-state index in [2.05, 4.69) is 10.6 Å². The molecule has 6 unspecified atom stereocenters. The van der Waals surface area contributed by atoms with Crippen LogP contribution in [0.5, 0.6) is 0 Å². The third-order valence-electron chi connectivity index (χ3n) is 6.96. The van der Waals surface area contributed by atoms with Crippen molar-refractivity contribution in [2.24, 2.45) is 23.7 Å². The zero-order valence-corrected chi connectivity index (χ0v) is 12.9. The Kier molecular flexibility index (Phi) is 4.05. The number of hydrogen-bond acceptors (Lipinski definition) is 2. The van der Waals surface area contributed by atoms with Gasteiger partial charge in [-0.3, -0.25) is 0 Å². The summed E-state index contributed by atoms with van der Waals surface area (Å²) in [5.74, 6) is 4.13. The Bertz CT molecular complexity index is 323. The van der Waals surface area contributed by atoms with Gasteiger partial charge in [0.2, 0.25) is 0 Å². The zero-order chi connectivity index (χ0) is 13.4. The lowest BCUT2D eigenvalue weighted by molar-refractivity contribution is 0.198. The lowest BCUT2D eigenvalue weighted by atomic mass is 9.78. The monoisotopic (exact) mass is 276 g/mol. The first-order valence-corrected chi connectivity index (χ1v) is 9.37. The maximum absolute atomic E-state index is 4.04. The van der Waals surface area contributed by atoms with Gasteiger partial charge in [0.1, 0.15) is 0 Å². The third kappa shape index (κ3) is 2.66.